The predicted molar refractivity (Wildman–Crippen MR) is 146 cm³/mol. The first-order valence-corrected chi connectivity index (χ1v) is 14.4. The summed E-state index contributed by atoms with van der Waals surface area (Å²) in [5.74, 6) is 0.226. The van der Waals surface area contributed by atoms with Gasteiger partial charge in [0.15, 0.2) is 0 Å². The van der Waals surface area contributed by atoms with E-state index in [4.69, 9.17) is 0 Å². The Balaban J connectivity index is 1.37. The second-order valence-electron chi connectivity index (χ2n) is 10.2. The van der Waals surface area contributed by atoms with Gasteiger partial charge in [0.05, 0.1) is 17.0 Å². The number of phenols is 1. The summed E-state index contributed by atoms with van der Waals surface area (Å²) in [5, 5.41) is 10.6. The quantitative estimate of drug-likeness (QED) is 0.343. The molecule has 2 fully saturated rings. The normalized spacial score (nSPS) is 24.8. The van der Waals surface area contributed by atoms with Crippen molar-refractivity contribution >= 4 is 16.5 Å². The zero-order chi connectivity index (χ0) is 25.5. The number of likely N-dealkylation sites (tertiary alicyclic amines) is 1. The molecule has 36 heavy (non-hydrogen) atoms. The molecule has 0 saturated carbocycles. The first-order valence-electron chi connectivity index (χ1n) is 12.7. The standard InChI is InChI=1S/C29H35FN2O3S/c1-3-23-7-4-5-10-26(23)27-17-22(11-12-28(27)33)20-31-15-13-29(19-21(31)2)14-16-36(34,35)32(29)25-9-6-8-24(30)18-25/h4-12,17-18,21,33-35H,3,13-16,19-20H2,1-2H3/t21-,29-/m0/s1. The molecule has 5 nitrogen and oxygen atoms in total. The average molecular weight is 511 g/mol. The van der Waals surface area contributed by atoms with Crippen molar-refractivity contribution in [1.29, 1.82) is 0 Å². The van der Waals surface area contributed by atoms with Crippen molar-refractivity contribution in [2.24, 2.45) is 0 Å². The van der Waals surface area contributed by atoms with E-state index in [9.17, 15) is 18.6 Å². The van der Waals surface area contributed by atoms with Gasteiger partial charge in [0.25, 0.3) is 0 Å². The number of nitrogens with zero attached hydrogens (tertiary/aromatic N) is 2. The zero-order valence-corrected chi connectivity index (χ0v) is 21.7. The number of hydrogen-bond acceptors (Lipinski definition) is 5. The molecule has 2 atom stereocenters. The van der Waals surface area contributed by atoms with E-state index in [2.05, 4.69) is 36.9 Å². The van der Waals surface area contributed by atoms with Gasteiger partial charge >= 0.3 is 0 Å². The van der Waals surface area contributed by atoms with Crippen LogP contribution in [-0.4, -0.2) is 43.0 Å². The Bertz CT molecular complexity index is 1250. The van der Waals surface area contributed by atoms with E-state index in [0.717, 1.165) is 49.0 Å². The molecule has 2 aliphatic heterocycles. The molecular weight excluding hydrogens is 475 g/mol. The lowest BCUT2D eigenvalue weighted by Gasteiger charge is -2.52. The lowest BCUT2D eigenvalue weighted by atomic mass is 9.81. The van der Waals surface area contributed by atoms with Crippen LogP contribution in [0.4, 0.5) is 10.1 Å². The van der Waals surface area contributed by atoms with Gasteiger partial charge in [-0.15, -0.1) is 10.8 Å². The Morgan fingerprint density at radius 1 is 1.00 bits per heavy atom. The minimum atomic E-state index is -2.99. The molecule has 0 amide bonds. The highest BCUT2D eigenvalue weighted by Crippen LogP contribution is 2.61. The summed E-state index contributed by atoms with van der Waals surface area (Å²) in [6, 6.07) is 20.4. The number of halogens is 1. The minimum Gasteiger partial charge on any atom is -0.507 e. The monoisotopic (exact) mass is 510 g/mol. The first kappa shape index (κ1) is 25.1. The van der Waals surface area contributed by atoms with Crippen molar-refractivity contribution in [2.45, 2.75) is 57.7 Å². The predicted octanol–water partition coefficient (Wildman–Crippen LogP) is 7.06. The zero-order valence-electron chi connectivity index (χ0n) is 20.9. The highest BCUT2D eigenvalue weighted by molar-refractivity contribution is 8.25. The van der Waals surface area contributed by atoms with E-state index in [1.54, 1.807) is 22.5 Å². The summed E-state index contributed by atoms with van der Waals surface area (Å²) in [7, 11) is -2.99. The number of benzene rings is 3. The fourth-order valence-corrected chi connectivity index (χ4v) is 8.26. The fourth-order valence-electron chi connectivity index (χ4n) is 6.10. The van der Waals surface area contributed by atoms with Crippen LogP contribution in [0.15, 0.2) is 66.7 Å². The third kappa shape index (κ3) is 4.61. The number of piperidine rings is 1. The SMILES string of the molecule is CCc1ccccc1-c1cc(CN2CC[C@]3(CCS(O)(O)N3c3cccc(F)c3)C[C@@H]2C)ccc1O. The molecule has 0 radical (unpaired) electrons. The van der Waals surface area contributed by atoms with E-state index >= 15 is 0 Å². The molecule has 0 bridgehead atoms. The number of hydrogen-bond donors (Lipinski definition) is 3. The molecule has 1 spiro atoms. The smallest absolute Gasteiger partial charge is 0.125 e. The number of aromatic hydroxyl groups is 1. The summed E-state index contributed by atoms with van der Waals surface area (Å²) < 4.78 is 37.6. The van der Waals surface area contributed by atoms with Gasteiger partial charge < -0.3 is 5.11 Å². The van der Waals surface area contributed by atoms with Crippen molar-refractivity contribution < 1.29 is 18.6 Å². The number of rotatable bonds is 5. The number of aryl methyl sites for hydroxylation is 1. The summed E-state index contributed by atoms with van der Waals surface area (Å²) >= 11 is 0. The molecule has 2 saturated heterocycles. The van der Waals surface area contributed by atoms with Gasteiger partial charge in [0.1, 0.15) is 11.6 Å². The molecule has 3 aromatic rings. The molecule has 3 aromatic carbocycles. The summed E-state index contributed by atoms with van der Waals surface area (Å²) in [6.07, 6.45) is 3.11. The van der Waals surface area contributed by atoms with Crippen LogP contribution >= 0.6 is 10.8 Å². The van der Waals surface area contributed by atoms with E-state index < -0.39 is 16.3 Å². The van der Waals surface area contributed by atoms with Crippen molar-refractivity contribution in [1.82, 2.24) is 4.90 Å². The fraction of sp³-hybridized carbons (Fsp3) is 0.379. The highest BCUT2D eigenvalue weighted by atomic mass is 32.3. The van der Waals surface area contributed by atoms with E-state index in [1.165, 1.54) is 17.7 Å². The van der Waals surface area contributed by atoms with Crippen LogP contribution in [0.1, 0.15) is 44.2 Å². The summed E-state index contributed by atoms with van der Waals surface area (Å²) in [6.45, 7) is 5.85. The van der Waals surface area contributed by atoms with E-state index in [0.29, 0.717) is 17.9 Å². The molecule has 2 heterocycles. The van der Waals surface area contributed by atoms with Crippen molar-refractivity contribution in [3.63, 3.8) is 0 Å². The second-order valence-corrected chi connectivity index (χ2v) is 12.3. The van der Waals surface area contributed by atoms with Gasteiger partial charge in [-0.2, -0.15) is 0 Å². The van der Waals surface area contributed by atoms with Gasteiger partial charge in [0, 0.05) is 24.7 Å². The van der Waals surface area contributed by atoms with Crippen LogP contribution in [-0.2, 0) is 13.0 Å². The lowest BCUT2D eigenvalue weighted by Crippen LogP contribution is -2.55. The first-order chi connectivity index (χ1) is 17.2. The van der Waals surface area contributed by atoms with Crippen LogP contribution in [0.5, 0.6) is 5.75 Å². The van der Waals surface area contributed by atoms with Gasteiger partial charge in [-0.25, -0.2) is 4.39 Å². The number of phenolic OH excluding ortho intramolecular Hbond substituents is 1. The van der Waals surface area contributed by atoms with Gasteiger partial charge in [0.2, 0.25) is 0 Å². The Morgan fingerprint density at radius 3 is 2.56 bits per heavy atom. The molecule has 5 rings (SSSR count). The molecular formula is C29H35FN2O3S. The van der Waals surface area contributed by atoms with Crippen molar-refractivity contribution in [3.05, 3.63) is 83.7 Å². The Kier molecular flexibility index (Phi) is 6.76. The second kappa shape index (κ2) is 9.71. The van der Waals surface area contributed by atoms with Crippen LogP contribution < -0.4 is 4.31 Å². The van der Waals surface area contributed by atoms with Crippen molar-refractivity contribution in [3.8, 4) is 16.9 Å². The minimum absolute atomic E-state index is 0.197. The van der Waals surface area contributed by atoms with Gasteiger partial charge in [-0.05, 0) is 79.6 Å². The molecule has 0 unspecified atom stereocenters. The Labute approximate surface area is 214 Å². The van der Waals surface area contributed by atoms with Gasteiger partial charge in [-0.1, -0.05) is 43.3 Å². The topological polar surface area (TPSA) is 67.2 Å². The molecule has 3 N–H and O–H groups in total. The Morgan fingerprint density at radius 2 is 1.81 bits per heavy atom. The lowest BCUT2D eigenvalue weighted by molar-refractivity contribution is 0.102. The third-order valence-corrected chi connectivity index (χ3v) is 9.84. The van der Waals surface area contributed by atoms with E-state index in [1.807, 2.05) is 18.2 Å². The third-order valence-electron chi connectivity index (χ3n) is 7.91. The average Bonchev–Trinajstić information content (AvgIpc) is 3.11. The highest BCUT2D eigenvalue weighted by Gasteiger charge is 2.52. The molecule has 192 valence electrons. The molecule has 2 aliphatic rings. The molecule has 0 aliphatic carbocycles. The Hall–Kier alpha value is -2.58. The maximum atomic E-state index is 14.0. The summed E-state index contributed by atoms with van der Waals surface area (Å²) in [4.78, 5) is 2.42. The van der Waals surface area contributed by atoms with Crippen LogP contribution in [0, 0.1) is 5.82 Å². The maximum absolute atomic E-state index is 14.0. The largest absolute Gasteiger partial charge is 0.507 e. The van der Waals surface area contributed by atoms with Crippen LogP contribution in [0.25, 0.3) is 11.1 Å². The maximum Gasteiger partial charge on any atom is 0.125 e. The molecule has 7 heteroatoms. The van der Waals surface area contributed by atoms with Crippen LogP contribution in [0.2, 0.25) is 0 Å². The number of anilines is 1. The van der Waals surface area contributed by atoms with Crippen LogP contribution in [0.3, 0.4) is 0 Å². The summed E-state index contributed by atoms with van der Waals surface area (Å²) in [5.41, 5.74) is 4.40. The van der Waals surface area contributed by atoms with Crippen molar-refractivity contribution in [2.75, 3.05) is 16.6 Å². The van der Waals surface area contributed by atoms with Gasteiger partial charge in [-0.3, -0.25) is 18.3 Å². The molecule has 0 aromatic heterocycles. The van der Waals surface area contributed by atoms with E-state index in [-0.39, 0.29) is 17.6 Å².